The van der Waals surface area contributed by atoms with Gasteiger partial charge in [0.05, 0.1) is 11.5 Å². The van der Waals surface area contributed by atoms with Crippen molar-refractivity contribution < 1.29 is 8.42 Å². The molecular formula is C12H24N2O2S. The molecule has 2 unspecified atom stereocenters. The Labute approximate surface area is 105 Å². The van der Waals surface area contributed by atoms with Crippen LogP contribution in [0.4, 0.5) is 0 Å². The summed E-state index contributed by atoms with van der Waals surface area (Å²) in [4.78, 5) is 2.35. The molecule has 1 N–H and O–H groups in total. The highest BCUT2D eigenvalue weighted by atomic mass is 32.2. The van der Waals surface area contributed by atoms with Crippen LogP contribution in [0.15, 0.2) is 0 Å². The smallest absolute Gasteiger partial charge is 0.151 e. The maximum Gasteiger partial charge on any atom is 0.151 e. The summed E-state index contributed by atoms with van der Waals surface area (Å²) in [5.41, 5.74) is 0.327. The highest BCUT2D eigenvalue weighted by Gasteiger charge is 2.33. The van der Waals surface area contributed by atoms with Gasteiger partial charge in [-0.1, -0.05) is 13.8 Å². The number of hydrogen-bond donors (Lipinski definition) is 1. The summed E-state index contributed by atoms with van der Waals surface area (Å²) in [5, 5.41) is 3.40. The second-order valence-corrected chi connectivity index (χ2v) is 8.42. The number of rotatable bonds is 2. The first kappa shape index (κ1) is 13.3. The first-order valence-corrected chi connectivity index (χ1v) is 8.34. The molecule has 0 saturated carbocycles. The van der Waals surface area contributed by atoms with E-state index in [1.165, 1.54) is 6.42 Å². The molecule has 2 rings (SSSR count). The molecule has 0 aromatic carbocycles. The lowest BCUT2D eigenvalue weighted by Gasteiger charge is -2.31. The van der Waals surface area contributed by atoms with Crippen molar-refractivity contribution in [3.63, 3.8) is 0 Å². The Morgan fingerprint density at radius 2 is 2.24 bits per heavy atom. The van der Waals surface area contributed by atoms with Crippen molar-refractivity contribution >= 4 is 9.84 Å². The fourth-order valence-electron chi connectivity index (χ4n) is 3.06. The van der Waals surface area contributed by atoms with Gasteiger partial charge in [-0.2, -0.15) is 0 Å². The van der Waals surface area contributed by atoms with E-state index >= 15 is 0 Å². The zero-order valence-corrected chi connectivity index (χ0v) is 11.7. The lowest BCUT2D eigenvalue weighted by atomic mass is 9.89. The van der Waals surface area contributed by atoms with Crippen LogP contribution in [0.5, 0.6) is 0 Å². The minimum absolute atomic E-state index is 0.264. The molecule has 5 heteroatoms. The number of nitrogens with one attached hydrogen (secondary N) is 1. The molecule has 2 atom stereocenters. The third kappa shape index (κ3) is 3.66. The summed E-state index contributed by atoms with van der Waals surface area (Å²) < 4.78 is 23.4. The van der Waals surface area contributed by atoms with E-state index < -0.39 is 9.84 Å². The monoisotopic (exact) mass is 260 g/mol. The van der Waals surface area contributed by atoms with Crippen molar-refractivity contribution in [1.29, 1.82) is 0 Å². The van der Waals surface area contributed by atoms with Gasteiger partial charge < -0.3 is 10.2 Å². The molecule has 0 amide bonds. The number of nitrogens with zero attached hydrogens (tertiary/aromatic N) is 1. The summed E-state index contributed by atoms with van der Waals surface area (Å²) in [7, 11) is -2.81. The van der Waals surface area contributed by atoms with Gasteiger partial charge in [-0.25, -0.2) is 8.42 Å². The van der Waals surface area contributed by atoms with Crippen molar-refractivity contribution in [3.05, 3.63) is 0 Å². The van der Waals surface area contributed by atoms with Gasteiger partial charge in [-0.15, -0.1) is 0 Å². The first-order chi connectivity index (χ1) is 7.89. The van der Waals surface area contributed by atoms with Crippen LogP contribution in [0.3, 0.4) is 0 Å². The van der Waals surface area contributed by atoms with Crippen molar-refractivity contribution in [2.45, 2.75) is 20.3 Å². The predicted molar refractivity (Wildman–Crippen MR) is 69.9 cm³/mol. The van der Waals surface area contributed by atoms with Gasteiger partial charge in [0.2, 0.25) is 0 Å². The summed E-state index contributed by atoms with van der Waals surface area (Å²) in [6, 6.07) is 0. The van der Waals surface area contributed by atoms with E-state index in [2.05, 4.69) is 17.1 Å². The van der Waals surface area contributed by atoms with Gasteiger partial charge in [0.15, 0.2) is 9.84 Å². The van der Waals surface area contributed by atoms with Crippen LogP contribution in [-0.2, 0) is 9.84 Å². The van der Waals surface area contributed by atoms with E-state index in [-0.39, 0.29) is 5.92 Å². The molecule has 0 bridgehead atoms. The molecule has 2 aliphatic rings. The molecule has 2 aliphatic heterocycles. The maximum atomic E-state index is 11.7. The molecule has 0 aromatic rings. The van der Waals surface area contributed by atoms with Gasteiger partial charge in [0.1, 0.15) is 0 Å². The van der Waals surface area contributed by atoms with Crippen LogP contribution in [0.1, 0.15) is 20.3 Å². The molecule has 0 aromatic heterocycles. The molecule has 100 valence electrons. The van der Waals surface area contributed by atoms with Crippen molar-refractivity contribution in [2.24, 2.45) is 11.3 Å². The lowest BCUT2D eigenvalue weighted by Crippen LogP contribution is -2.40. The molecular weight excluding hydrogens is 236 g/mol. The van der Waals surface area contributed by atoms with Crippen LogP contribution in [0.2, 0.25) is 0 Å². The van der Waals surface area contributed by atoms with Crippen LogP contribution < -0.4 is 5.32 Å². The second-order valence-electron chi connectivity index (χ2n) is 6.19. The molecule has 4 nitrogen and oxygen atoms in total. The summed E-state index contributed by atoms with van der Waals surface area (Å²) >= 11 is 0. The Morgan fingerprint density at radius 1 is 1.47 bits per heavy atom. The van der Waals surface area contributed by atoms with Crippen LogP contribution in [-0.4, -0.2) is 57.5 Å². The number of hydrogen-bond acceptors (Lipinski definition) is 4. The zero-order valence-electron chi connectivity index (χ0n) is 10.9. The molecule has 17 heavy (non-hydrogen) atoms. The first-order valence-electron chi connectivity index (χ1n) is 6.52. The fourth-order valence-corrected chi connectivity index (χ4v) is 4.73. The van der Waals surface area contributed by atoms with Crippen molar-refractivity contribution in [2.75, 3.05) is 44.2 Å². The van der Waals surface area contributed by atoms with Gasteiger partial charge in [-0.3, -0.25) is 0 Å². The van der Waals surface area contributed by atoms with Gasteiger partial charge >= 0.3 is 0 Å². The standard InChI is InChI=1S/C12H24N2O2S/c1-11-7-14(5-6-17(15,16)8-11)10-12(2)3-4-13-9-12/h11,13H,3-10H2,1-2H3. The van der Waals surface area contributed by atoms with Crippen LogP contribution in [0.25, 0.3) is 0 Å². The molecule has 0 aliphatic carbocycles. The summed E-state index contributed by atoms with van der Waals surface area (Å²) in [5.74, 6) is 0.958. The van der Waals surface area contributed by atoms with Crippen molar-refractivity contribution in [3.8, 4) is 0 Å². The van der Waals surface area contributed by atoms with E-state index in [0.717, 1.165) is 26.2 Å². The quantitative estimate of drug-likeness (QED) is 0.778. The van der Waals surface area contributed by atoms with Crippen molar-refractivity contribution in [1.82, 2.24) is 10.2 Å². The molecule has 2 saturated heterocycles. The normalized spacial score (nSPS) is 39.1. The summed E-state index contributed by atoms with van der Waals surface area (Å²) in [6.07, 6.45) is 1.20. The number of sulfone groups is 1. The van der Waals surface area contributed by atoms with Gasteiger partial charge in [0.25, 0.3) is 0 Å². The van der Waals surface area contributed by atoms with E-state index in [0.29, 0.717) is 23.5 Å². The average molecular weight is 260 g/mol. The lowest BCUT2D eigenvalue weighted by molar-refractivity contribution is 0.173. The van der Waals surface area contributed by atoms with E-state index in [4.69, 9.17) is 0 Å². The maximum absolute atomic E-state index is 11.7. The summed E-state index contributed by atoms with van der Waals surface area (Å²) in [6.45, 7) is 9.17. The molecule has 2 heterocycles. The predicted octanol–water partition coefficient (Wildman–Crippen LogP) is 0.353. The highest BCUT2D eigenvalue weighted by molar-refractivity contribution is 7.91. The minimum atomic E-state index is -2.81. The van der Waals surface area contributed by atoms with Gasteiger partial charge in [-0.05, 0) is 24.3 Å². The van der Waals surface area contributed by atoms with E-state index in [1.807, 2.05) is 6.92 Å². The van der Waals surface area contributed by atoms with Gasteiger partial charge in [0, 0.05) is 26.2 Å². The van der Waals surface area contributed by atoms with Crippen LogP contribution in [0, 0.1) is 11.3 Å². The third-order valence-electron chi connectivity index (χ3n) is 3.89. The Hall–Kier alpha value is -0.130. The fraction of sp³-hybridized carbons (Fsp3) is 1.00. The SMILES string of the molecule is CC1CN(CC2(C)CCNC2)CCS(=O)(=O)C1. The topological polar surface area (TPSA) is 49.4 Å². The minimum Gasteiger partial charge on any atom is -0.316 e. The van der Waals surface area contributed by atoms with Crippen LogP contribution >= 0.6 is 0 Å². The largest absolute Gasteiger partial charge is 0.316 e. The van der Waals surface area contributed by atoms with E-state index in [9.17, 15) is 8.42 Å². The molecule has 0 radical (unpaired) electrons. The Balaban J connectivity index is 1.97. The van der Waals surface area contributed by atoms with E-state index in [1.54, 1.807) is 0 Å². The Morgan fingerprint density at radius 3 is 2.88 bits per heavy atom. The Kier molecular flexibility index (Phi) is 3.80. The molecule has 0 spiro atoms. The zero-order chi connectivity index (χ0) is 12.5. The molecule has 2 fully saturated rings. The second kappa shape index (κ2) is 4.86. The highest BCUT2D eigenvalue weighted by Crippen LogP contribution is 2.26. The average Bonchev–Trinajstić information content (AvgIpc) is 2.55. The Bertz CT molecular complexity index is 361. The third-order valence-corrected chi connectivity index (χ3v) is 5.77.